The van der Waals surface area contributed by atoms with Crippen LogP contribution in [0.2, 0.25) is 0 Å². The Balaban J connectivity index is 4.05. The van der Waals surface area contributed by atoms with Crippen LogP contribution in [0.15, 0.2) is 23.3 Å². The first-order valence-electron chi connectivity index (χ1n) is 5.07. The van der Waals surface area contributed by atoms with Crippen molar-refractivity contribution in [1.82, 2.24) is 0 Å². The van der Waals surface area contributed by atoms with Crippen molar-refractivity contribution in [3.63, 3.8) is 0 Å². The predicted molar refractivity (Wildman–Crippen MR) is 59.1 cm³/mol. The summed E-state index contributed by atoms with van der Waals surface area (Å²) >= 11 is 0. The summed E-state index contributed by atoms with van der Waals surface area (Å²) in [6.45, 7) is 8.24. The van der Waals surface area contributed by atoms with Gasteiger partial charge in [0.2, 0.25) is 0 Å². The Morgan fingerprint density at radius 3 is 2.43 bits per heavy atom. The first-order chi connectivity index (χ1) is 6.61. The summed E-state index contributed by atoms with van der Waals surface area (Å²) in [5.41, 5.74) is 2.05. The standard InChI is InChI=1S/C12H20O2/c1-5-11(12(13)14-6-2)9-7-8-10(3)4/h5,8H,6-7,9H2,1-4H3/b11-5+. The summed E-state index contributed by atoms with van der Waals surface area (Å²) in [4.78, 5) is 11.3. The van der Waals surface area contributed by atoms with Crippen LogP contribution in [0.3, 0.4) is 0 Å². The minimum absolute atomic E-state index is 0.183. The number of ether oxygens (including phenoxy) is 1. The number of rotatable bonds is 5. The van der Waals surface area contributed by atoms with E-state index in [4.69, 9.17) is 4.74 Å². The van der Waals surface area contributed by atoms with Gasteiger partial charge in [0.15, 0.2) is 0 Å². The fourth-order valence-electron chi connectivity index (χ4n) is 1.10. The van der Waals surface area contributed by atoms with E-state index in [9.17, 15) is 4.79 Å². The first-order valence-corrected chi connectivity index (χ1v) is 5.07. The van der Waals surface area contributed by atoms with Crippen LogP contribution in [-0.4, -0.2) is 12.6 Å². The lowest BCUT2D eigenvalue weighted by molar-refractivity contribution is -0.138. The van der Waals surface area contributed by atoms with Gasteiger partial charge in [0, 0.05) is 5.57 Å². The maximum atomic E-state index is 11.3. The van der Waals surface area contributed by atoms with Gasteiger partial charge in [-0.2, -0.15) is 0 Å². The van der Waals surface area contributed by atoms with Crippen molar-refractivity contribution in [3.05, 3.63) is 23.3 Å². The molecule has 0 rings (SSSR count). The normalized spacial score (nSPS) is 11.0. The monoisotopic (exact) mass is 196 g/mol. The van der Waals surface area contributed by atoms with Crippen LogP contribution in [-0.2, 0) is 9.53 Å². The van der Waals surface area contributed by atoms with Gasteiger partial charge in [-0.05, 0) is 40.5 Å². The molecule has 0 aliphatic carbocycles. The van der Waals surface area contributed by atoms with Crippen molar-refractivity contribution in [2.75, 3.05) is 6.61 Å². The van der Waals surface area contributed by atoms with Gasteiger partial charge < -0.3 is 4.74 Å². The highest BCUT2D eigenvalue weighted by atomic mass is 16.5. The number of hydrogen-bond donors (Lipinski definition) is 0. The van der Waals surface area contributed by atoms with Gasteiger partial charge in [0.05, 0.1) is 6.61 Å². The lowest BCUT2D eigenvalue weighted by Crippen LogP contribution is -2.07. The molecule has 0 N–H and O–H groups in total. The molecule has 2 nitrogen and oxygen atoms in total. The van der Waals surface area contributed by atoms with E-state index < -0.39 is 0 Å². The van der Waals surface area contributed by atoms with Crippen LogP contribution < -0.4 is 0 Å². The first kappa shape index (κ1) is 12.9. The van der Waals surface area contributed by atoms with Gasteiger partial charge >= 0.3 is 5.97 Å². The summed E-state index contributed by atoms with van der Waals surface area (Å²) in [7, 11) is 0. The molecule has 0 atom stereocenters. The van der Waals surface area contributed by atoms with Crippen molar-refractivity contribution in [2.24, 2.45) is 0 Å². The third-order valence-corrected chi connectivity index (χ3v) is 1.85. The van der Waals surface area contributed by atoms with Gasteiger partial charge in [0.25, 0.3) is 0 Å². The smallest absolute Gasteiger partial charge is 0.333 e. The van der Waals surface area contributed by atoms with Crippen molar-refractivity contribution in [3.8, 4) is 0 Å². The average molecular weight is 196 g/mol. The Labute approximate surface area is 86.6 Å². The second-order valence-electron chi connectivity index (χ2n) is 3.35. The highest BCUT2D eigenvalue weighted by Crippen LogP contribution is 2.09. The zero-order chi connectivity index (χ0) is 11.0. The molecule has 0 saturated carbocycles. The predicted octanol–water partition coefficient (Wildman–Crippen LogP) is 3.24. The summed E-state index contributed by atoms with van der Waals surface area (Å²) in [6.07, 6.45) is 5.63. The van der Waals surface area contributed by atoms with Gasteiger partial charge in [-0.3, -0.25) is 0 Å². The topological polar surface area (TPSA) is 26.3 Å². The van der Waals surface area contributed by atoms with E-state index in [1.54, 1.807) is 0 Å². The largest absolute Gasteiger partial charge is 0.463 e. The molecule has 0 heterocycles. The number of allylic oxidation sites excluding steroid dienone is 3. The number of hydrogen-bond acceptors (Lipinski definition) is 2. The van der Waals surface area contributed by atoms with Crippen LogP contribution in [0.5, 0.6) is 0 Å². The van der Waals surface area contributed by atoms with E-state index in [1.165, 1.54) is 5.57 Å². The fourth-order valence-corrected chi connectivity index (χ4v) is 1.10. The fraction of sp³-hybridized carbons (Fsp3) is 0.583. The highest BCUT2D eigenvalue weighted by Gasteiger charge is 2.07. The number of carbonyl (C=O) groups is 1. The van der Waals surface area contributed by atoms with E-state index in [2.05, 4.69) is 19.9 Å². The van der Waals surface area contributed by atoms with E-state index in [0.29, 0.717) is 6.61 Å². The minimum Gasteiger partial charge on any atom is -0.463 e. The Kier molecular flexibility index (Phi) is 6.81. The average Bonchev–Trinajstić information content (AvgIpc) is 2.12. The van der Waals surface area contributed by atoms with Crippen molar-refractivity contribution < 1.29 is 9.53 Å². The Bertz CT molecular complexity index is 233. The molecule has 0 aromatic heterocycles. The van der Waals surface area contributed by atoms with Crippen LogP contribution in [0.4, 0.5) is 0 Å². The quantitative estimate of drug-likeness (QED) is 0.383. The van der Waals surface area contributed by atoms with Crippen LogP contribution >= 0.6 is 0 Å². The van der Waals surface area contributed by atoms with E-state index >= 15 is 0 Å². The molecule has 0 aromatic rings. The molecule has 0 aliphatic heterocycles. The van der Waals surface area contributed by atoms with Gasteiger partial charge in [-0.1, -0.05) is 17.7 Å². The van der Waals surface area contributed by atoms with Crippen molar-refractivity contribution >= 4 is 5.97 Å². The molecule has 0 bridgehead atoms. The molecular weight excluding hydrogens is 176 g/mol. The molecule has 0 radical (unpaired) electrons. The summed E-state index contributed by atoms with van der Waals surface area (Å²) < 4.78 is 4.92. The number of esters is 1. The zero-order valence-electron chi connectivity index (χ0n) is 9.59. The zero-order valence-corrected chi connectivity index (χ0v) is 9.59. The molecule has 0 aliphatic rings. The lowest BCUT2D eigenvalue weighted by Gasteiger charge is -2.04. The van der Waals surface area contributed by atoms with Crippen LogP contribution in [0.25, 0.3) is 0 Å². The molecular formula is C12H20O2. The third-order valence-electron chi connectivity index (χ3n) is 1.85. The minimum atomic E-state index is -0.183. The van der Waals surface area contributed by atoms with Crippen LogP contribution in [0.1, 0.15) is 40.5 Å². The molecule has 0 fully saturated rings. The van der Waals surface area contributed by atoms with Crippen molar-refractivity contribution in [1.29, 1.82) is 0 Å². The van der Waals surface area contributed by atoms with Crippen molar-refractivity contribution in [2.45, 2.75) is 40.5 Å². The number of carbonyl (C=O) groups excluding carboxylic acids is 1. The Morgan fingerprint density at radius 2 is 2.00 bits per heavy atom. The third kappa shape index (κ3) is 5.57. The molecule has 0 unspecified atom stereocenters. The second-order valence-corrected chi connectivity index (χ2v) is 3.35. The Morgan fingerprint density at radius 1 is 1.36 bits per heavy atom. The maximum absolute atomic E-state index is 11.3. The Hall–Kier alpha value is -1.05. The molecule has 0 aromatic carbocycles. The molecule has 0 amide bonds. The van der Waals surface area contributed by atoms with E-state index in [1.807, 2.05) is 19.9 Å². The SMILES string of the molecule is C/C=C(\CCC=C(C)C)C(=O)OCC. The highest BCUT2D eigenvalue weighted by molar-refractivity contribution is 5.88. The second kappa shape index (κ2) is 7.36. The van der Waals surface area contributed by atoms with Gasteiger partial charge in [-0.25, -0.2) is 4.79 Å². The van der Waals surface area contributed by atoms with Gasteiger partial charge in [0.1, 0.15) is 0 Å². The van der Waals surface area contributed by atoms with E-state index in [0.717, 1.165) is 18.4 Å². The lowest BCUT2D eigenvalue weighted by atomic mass is 10.1. The van der Waals surface area contributed by atoms with E-state index in [-0.39, 0.29) is 5.97 Å². The summed E-state index contributed by atoms with van der Waals surface area (Å²) in [6, 6.07) is 0. The summed E-state index contributed by atoms with van der Waals surface area (Å²) in [5.74, 6) is -0.183. The molecule has 2 heteroatoms. The molecule has 14 heavy (non-hydrogen) atoms. The molecule has 0 saturated heterocycles. The maximum Gasteiger partial charge on any atom is 0.333 e. The van der Waals surface area contributed by atoms with Crippen LogP contribution in [0, 0.1) is 0 Å². The summed E-state index contributed by atoms with van der Waals surface area (Å²) in [5, 5.41) is 0. The molecule has 80 valence electrons. The molecule has 0 spiro atoms. The van der Waals surface area contributed by atoms with Gasteiger partial charge in [-0.15, -0.1) is 0 Å².